The molecule has 0 spiro atoms. The first kappa shape index (κ1) is 23.9. The predicted molar refractivity (Wildman–Crippen MR) is 140 cm³/mol. The largest absolute Gasteiger partial charge is 0.325 e. The van der Waals surface area contributed by atoms with Crippen molar-refractivity contribution in [2.45, 2.75) is 33.2 Å². The van der Waals surface area contributed by atoms with Crippen LogP contribution < -0.4 is 10.6 Å². The van der Waals surface area contributed by atoms with Gasteiger partial charge in [0.1, 0.15) is 11.6 Å². The lowest BCUT2D eigenvalue weighted by atomic mass is 9.96. The lowest BCUT2D eigenvalue weighted by Crippen LogP contribution is -2.17. The Morgan fingerprint density at radius 3 is 2.54 bits per heavy atom. The molecule has 1 aliphatic rings. The standard InChI is InChI=1S/C27H25N7O3/c1-4-34-23(11-16(3)33-34)27(37)29-19-8-5-17(6-9-19)25(35)18-7-10-22-20(13-18)21(26(36)30-22)14-28-24-12-15(2)31-32-24/h5-14,21H,4H2,1-3H3,(H,29,37)(H,30,36)(H,31,32). The summed E-state index contributed by atoms with van der Waals surface area (Å²) in [6.45, 7) is 6.21. The molecule has 1 unspecified atom stereocenters. The fourth-order valence-corrected chi connectivity index (χ4v) is 4.23. The number of H-pyrrole nitrogens is 1. The highest BCUT2D eigenvalue weighted by molar-refractivity contribution is 6.15. The molecule has 2 aromatic carbocycles. The van der Waals surface area contributed by atoms with Crippen LogP contribution in [0.1, 0.15) is 56.2 Å². The van der Waals surface area contributed by atoms with Crippen LogP contribution in [0.4, 0.5) is 17.2 Å². The first-order valence-electron chi connectivity index (χ1n) is 11.8. The molecule has 0 saturated carbocycles. The molecule has 1 atom stereocenters. The number of aromatic nitrogens is 4. The highest BCUT2D eigenvalue weighted by atomic mass is 16.2. The molecule has 186 valence electrons. The molecule has 4 aromatic rings. The number of fused-ring (bicyclic) bond motifs is 1. The summed E-state index contributed by atoms with van der Waals surface area (Å²) in [5.74, 6) is -0.825. The van der Waals surface area contributed by atoms with Crippen molar-refractivity contribution in [2.24, 2.45) is 4.99 Å². The number of aryl methyl sites for hydroxylation is 3. The molecule has 5 rings (SSSR count). The maximum absolute atomic E-state index is 13.2. The summed E-state index contributed by atoms with van der Waals surface area (Å²) >= 11 is 0. The highest BCUT2D eigenvalue weighted by Gasteiger charge is 2.30. The van der Waals surface area contributed by atoms with E-state index in [1.165, 1.54) is 6.21 Å². The predicted octanol–water partition coefficient (Wildman–Crippen LogP) is 4.16. The lowest BCUT2D eigenvalue weighted by molar-refractivity contribution is -0.115. The van der Waals surface area contributed by atoms with Gasteiger partial charge in [-0.25, -0.2) is 4.99 Å². The summed E-state index contributed by atoms with van der Waals surface area (Å²) < 4.78 is 1.64. The van der Waals surface area contributed by atoms with E-state index in [1.54, 1.807) is 59.3 Å². The Kier molecular flexibility index (Phi) is 6.22. The molecular weight excluding hydrogens is 470 g/mol. The molecule has 37 heavy (non-hydrogen) atoms. The molecule has 0 saturated heterocycles. The number of aliphatic imine (C=N–C) groups is 1. The summed E-state index contributed by atoms with van der Waals surface area (Å²) in [6.07, 6.45) is 1.54. The van der Waals surface area contributed by atoms with E-state index in [-0.39, 0.29) is 17.6 Å². The van der Waals surface area contributed by atoms with Crippen LogP contribution >= 0.6 is 0 Å². The number of carbonyl (C=O) groups excluding carboxylic acids is 3. The van der Waals surface area contributed by atoms with Crippen molar-refractivity contribution >= 4 is 41.0 Å². The quantitative estimate of drug-likeness (QED) is 0.261. The minimum atomic E-state index is -0.627. The molecule has 10 heteroatoms. The zero-order valence-electron chi connectivity index (χ0n) is 20.6. The van der Waals surface area contributed by atoms with Crippen LogP contribution in [0.5, 0.6) is 0 Å². The van der Waals surface area contributed by atoms with Gasteiger partial charge in [0.2, 0.25) is 5.91 Å². The third-order valence-electron chi connectivity index (χ3n) is 6.08. The van der Waals surface area contributed by atoms with E-state index >= 15 is 0 Å². The number of amides is 2. The maximum atomic E-state index is 13.2. The zero-order valence-corrected chi connectivity index (χ0v) is 20.6. The van der Waals surface area contributed by atoms with Gasteiger partial charge in [-0.15, -0.1) is 0 Å². The number of anilines is 2. The van der Waals surface area contributed by atoms with E-state index in [1.807, 2.05) is 20.8 Å². The van der Waals surface area contributed by atoms with Crippen LogP contribution in [0, 0.1) is 13.8 Å². The van der Waals surface area contributed by atoms with Gasteiger partial charge in [-0.05, 0) is 74.9 Å². The number of hydrogen-bond acceptors (Lipinski definition) is 6. The van der Waals surface area contributed by atoms with E-state index in [0.29, 0.717) is 46.1 Å². The summed E-state index contributed by atoms with van der Waals surface area (Å²) in [4.78, 5) is 42.7. The number of aromatic amines is 1. The Bertz CT molecular complexity index is 1550. The number of nitrogens with zero attached hydrogens (tertiary/aromatic N) is 4. The van der Waals surface area contributed by atoms with Gasteiger partial charge >= 0.3 is 0 Å². The van der Waals surface area contributed by atoms with Crippen LogP contribution in [-0.4, -0.2) is 43.8 Å². The van der Waals surface area contributed by atoms with Gasteiger partial charge in [0.05, 0.1) is 5.69 Å². The number of hydrogen-bond donors (Lipinski definition) is 3. The second kappa shape index (κ2) is 9.65. The summed E-state index contributed by atoms with van der Waals surface area (Å²) in [7, 11) is 0. The van der Waals surface area contributed by atoms with E-state index in [2.05, 4.69) is 30.9 Å². The number of carbonyl (C=O) groups is 3. The van der Waals surface area contributed by atoms with Gasteiger partial charge in [0.15, 0.2) is 11.6 Å². The van der Waals surface area contributed by atoms with Crippen molar-refractivity contribution in [3.8, 4) is 0 Å². The minimum absolute atomic E-state index is 0.196. The van der Waals surface area contributed by atoms with E-state index in [4.69, 9.17) is 0 Å². The van der Waals surface area contributed by atoms with Crippen molar-refractivity contribution in [2.75, 3.05) is 10.6 Å². The molecule has 2 aromatic heterocycles. The molecule has 0 aliphatic carbocycles. The van der Waals surface area contributed by atoms with Gasteiger partial charge in [0.25, 0.3) is 5.91 Å². The molecule has 0 fully saturated rings. The van der Waals surface area contributed by atoms with Crippen LogP contribution in [-0.2, 0) is 11.3 Å². The molecular formula is C27H25N7O3. The SMILES string of the molecule is CCn1nc(C)cc1C(=O)Nc1ccc(C(=O)c2ccc3c(c2)C(C=Nc2cc(C)[nH]n2)C(=O)N3)cc1. The monoisotopic (exact) mass is 495 g/mol. The van der Waals surface area contributed by atoms with Crippen LogP contribution in [0.25, 0.3) is 0 Å². The summed E-state index contributed by atoms with van der Waals surface area (Å²) in [5, 5.41) is 16.8. The van der Waals surface area contributed by atoms with Crippen LogP contribution in [0.3, 0.4) is 0 Å². The van der Waals surface area contributed by atoms with E-state index < -0.39 is 5.92 Å². The third-order valence-corrected chi connectivity index (χ3v) is 6.08. The fourth-order valence-electron chi connectivity index (χ4n) is 4.23. The van der Waals surface area contributed by atoms with Gasteiger partial charge in [0, 0.05) is 47.0 Å². The van der Waals surface area contributed by atoms with Gasteiger partial charge in [-0.1, -0.05) is 0 Å². The Labute approximate surface area is 212 Å². The second-order valence-electron chi connectivity index (χ2n) is 8.80. The Morgan fingerprint density at radius 1 is 1.08 bits per heavy atom. The van der Waals surface area contributed by atoms with Crippen molar-refractivity contribution in [3.05, 3.63) is 88.4 Å². The minimum Gasteiger partial charge on any atom is -0.325 e. The van der Waals surface area contributed by atoms with Gasteiger partial charge < -0.3 is 10.6 Å². The molecule has 2 amide bonds. The van der Waals surface area contributed by atoms with Crippen molar-refractivity contribution in [3.63, 3.8) is 0 Å². The molecule has 3 N–H and O–H groups in total. The normalized spacial score (nSPS) is 14.6. The van der Waals surface area contributed by atoms with Crippen molar-refractivity contribution in [1.82, 2.24) is 20.0 Å². The highest BCUT2D eigenvalue weighted by Crippen LogP contribution is 2.33. The van der Waals surface area contributed by atoms with E-state index in [0.717, 1.165) is 11.4 Å². The number of ketones is 1. The fraction of sp³-hybridized carbons (Fsp3) is 0.185. The molecule has 1 aliphatic heterocycles. The average molecular weight is 496 g/mol. The number of rotatable bonds is 7. The Hall–Kier alpha value is -4.86. The number of nitrogens with one attached hydrogen (secondary N) is 3. The smallest absolute Gasteiger partial charge is 0.273 e. The topological polar surface area (TPSA) is 134 Å². The molecule has 0 bridgehead atoms. The van der Waals surface area contributed by atoms with Crippen molar-refractivity contribution in [1.29, 1.82) is 0 Å². The van der Waals surface area contributed by atoms with Crippen LogP contribution in [0.2, 0.25) is 0 Å². The third kappa shape index (κ3) is 4.81. The van der Waals surface area contributed by atoms with Crippen LogP contribution in [0.15, 0.2) is 59.6 Å². The van der Waals surface area contributed by atoms with Crippen molar-refractivity contribution < 1.29 is 14.4 Å². The lowest BCUT2D eigenvalue weighted by Gasteiger charge is -2.09. The molecule has 3 heterocycles. The molecule has 10 nitrogen and oxygen atoms in total. The summed E-state index contributed by atoms with van der Waals surface area (Å²) in [5.41, 5.74) is 4.91. The molecule has 0 radical (unpaired) electrons. The first-order chi connectivity index (χ1) is 17.8. The van der Waals surface area contributed by atoms with E-state index in [9.17, 15) is 14.4 Å². The maximum Gasteiger partial charge on any atom is 0.273 e. The average Bonchev–Trinajstić information content (AvgIpc) is 3.58. The van der Waals surface area contributed by atoms with Gasteiger partial charge in [-0.2, -0.15) is 10.2 Å². The first-order valence-corrected chi connectivity index (χ1v) is 11.8. The zero-order chi connectivity index (χ0) is 26.1. The summed E-state index contributed by atoms with van der Waals surface area (Å²) in [6, 6.07) is 15.3. The Balaban J connectivity index is 1.32. The second-order valence-corrected chi connectivity index (χ2v) is 8.80. The number of benzene rings is 2. The van der Waals surface area contributed by atoms with Gasteiger partial charge in [-0.3, -0.25) is 24.2 Å². The Morgan fingerprint density at radius 2 is 1.84 bits per heavy atom.